The Bertz CT molecular complexity index is 408. The Morgan fingerprint density at radius 1 is 1.50 bits per heavy atom. The molecule has 0 radical (unpaired) electrons. The van der Waals surface area contributed by atoms with Gasteiger partial charge < -0.3 is 5.32 Å². The molecule has 1 aromatic carbocycles. The van der Waals surface area contributed by atoms with Crippen LogP contribution in [0.3, 0.4) is 0 Å². The Morgan fingerprint density at radius 3 is 3.07 bits per heavy atom. The molecule has 2 N–H and O–H groups in total. The van der Waals surface area contributed by atoms with Gasteiger partial charge in [-0.05, 0) is 6.07 Å². The summed E-state index contributed by atoms with van der Waals surface area (Å²) < 4.78 is 0. The topological polar surface area (TPSA) is 64.9 Å². The summed E-state index contributed by atoms with van der Waals surface area (Å²) in [7, 11) is 0. The van der Waals surface area contributed by atoms with Crippen molar-refractivity contribution >= 4 is 11.6 Å². The molecule has 0 aliphatic carbocycles. The Labute approximate surface area is 81.5 Å². The minimum absolute atomic E-state index is 0.0959. The third-order valence-electron chi connectivity index (χ3n) is 2.18. The molecule has 0 bridgehead atoms. The van der Waals surface area contributed by atoms with Crippen LogP contribution in [0, 0.1) is 11.3 Å². The van der Waals surface area contributed by atoms with Gasteiger partial charge in [0.05, 0.1) is 12.6 Å². The fraction of sp³-hybridized carbons (Fsp3) is 0.200. The van der Waals surface area contributed by atoms with Crippen LogP contribution in [0.4, 0.5) is 5.69 Å². The van der Waals surface area contributed by atoms with Gasteiger partial charge in [0, 0.05) is 11.3 Å². The fourth-order valence-electron chi connectivity index (χ4n) is 1.56. The number of fused-ring (bicyclic) bond motifs is 1. The second-order valence-corrected chi connectivity index (χ2v) is 3.05. The molecule has 14 heavy (non-hydrogen) atoms. The van der Waals surface area contributed by atoms with Gasteiger partial charge in [0.25, 0.3) is 0 Å². The van der Waals surface area contributed by atoms with E-state index in [-0.39, 0.29) is 18.5 Å². The van der Waals surface area contributed by atoms with Crippen molar-refractivity contribution in [1.29, 1.82) is 5.26 Å². The summed E-state index contributed by atoms with van der Waals surface area (Å²) >= 11 is 0. The normalized spacial score (nSPS) is 18.5. The number of hydrogen-bond donors (Lipinski definition) is 2. The Morgan fingerprint density at radius 2 is 2.29 bits per heavy atom. The lowest BCUT2D eigenvalue weighted by molar-refractivity contribution is -0.117. The highest BCUT2D eigenvalue weighted by atomic mass is 16.2. The maximum Gasteiger partial charge on any atom is 0.246 e. The molecule has 0 spiro atoms. The van der Waals surface area contributed by atoms with Gasteiger partial charge in [0.1, 0.15) is 6.04 Å². The molecule has 0 aromatic heterocycles. The average molecular weight is 187 g/mol. The molecule has 4 nitrogen and oxygen atoms in total. The number of nitrogens with one attached hydrogen (secondary N) is 2. The molecule has 4 heteroatoms. The van der Waals surface area contributed by atoms with E-state index >= 15 is 0 Å². The molecule has 1 aliphatic heterocycles. The standard InChI is InChI=1S/C10H9N3O/c11-5-6-12-9-7-3-1-2-4-8(7)13-10(9)14/h1-4,9,12H,6H2,(H,13,14). The zero-order chi connectivity index (χ0) is 9.97. The summed E-state index contributed by atoms with van der Waals surface area (Å²) in [6.07, 6.45) is 0. The van der Waals surface area contributed by atoms with E-state index in [1.807, 2.05) is 30.3 Å². The van der Waals surface area contributed by atoms with E-state index in [0.29, 0.717) is 0 Å². The van der Waals surface area contributed by atoms with Crippen LogP contribution < -0.4 is 10.6 Å². The van der Waals surface area contributed by atoms with Crippen molar-refractivity contribution in [3.63, 3.8) is 0 Å². The lowest BCUT2D eigenvalue weighted by Crippen LogP contribution is -2.27. The van der Waals surface area contributed by atoms with Gasteiger partial charge in [-0.1, -0.05) is 18.2 Å². The summed E-state index contributed by atoms with van der Waals surface area (Å²) in [6.45, 7) is 0.173. The average Bonchev–Trinajstić information content (AvgIpc) is 2.51. The molecule has 2 rings (SSSR count). The first-order chi connectivity index (χ1) is 6.83. The van der Waals surface area contributed by atoms with Gasteiger partial charge in [-0.15, -0.1) is 0 Å². The Balaban J connectivity index is 2.26. The Hall–Kier alpha value is -1.86. The number of amides is 1. The largest absolute Gasteiger partial charge is 0.324 e. The van der Waals surface area contributed by atoms with Crippen LogP contribution in [-0.2, 0) is 4.79 Å². The monoisotopic (exact) mass is 187 g/mol. The fourth-order valence-corrected chi connectivity index (χ4v) is 1.56. The van der Waals surface area contributed by atoms with E-state index in [2.05, 4.69) is 10.6 Å². The van der Waals surface area contributed by atoms with Gasteiger partial charge in [0.2, 0.25) is 5.91 Å². The predicted molar refractivity (Wildman–Crippen MR) is 51.4 cm³/mol. The summed E-state index contributed by atoms with van der Waals surface area (Å²) in [5, 5.41) is 14.0. The lowest BCUT2D eigenvalue weighted by Gasteiger charge is -2.07. The van der Waals surface area contributed by atoms with E-state index in [4.69, 9.17) is 5.26 Å². The molecule has 1 unspecified atom stereocenters. The smallest absolute Gasteiger partial charge is 0.246 e. The molecule has 70 valence electrons. The number of nitriles is 1. The van der Waals surface area contributed by atoms with Gasteiger partial charge >= 0.3 is 0 Å². The molecule has 1 aromatic rings. The van der Waals surface area contributed by atoms with Crippen molar-refractivity contribution in [2.24, 2.45) is 0 Å². The highest BCUT2D eigenvalue weighted by molar-refractivity contribution is 6.02. The molecule has 0 saturated heterocycles. The summed E-state index contributed by atoms with van der Waals surface area (Å²) in [6, 6.07) is 9.04. The summed E-state index contributed by atoms with van der Waals surface area (Å²) in [4.78, 5) is 11.5. The molecule has 1 amide bonds. The maximum atomic E-state index is 11.5. The van der Waals surface area contributed by atoms with Crippen LogP contribution in [0.15, 0.2) is 24.3 Å². The van der Waals surface area contributed by atoms with Gasteiger partial charge in [-0.25, -0.2) is 0 Å². The van der Waals surface area contributed by atoms with E-state index in [0.717, 1.165) is 11.3 Å². The molecule has 0 saturated carbocycles. The number of hydrogen-bond acceptors (Lipinski definition) is 3. The number of rotatable bonds is 2. The summed E-state index contributed by atoms with van der Waals surface area (Å²) in [5.41, 5.74) is 1.74. The quantitative estimate of drug-likeness (QED) is 0.673. The molecular weight excluding hydrogens is 178 g/mol. The van der Waals surface area contributed by atoms with Crippen molar-refractivity contribution in [1.82, 2.24) is 5.32 Å². The van der Waals surface area contributed by atoms with Crippen LogP contribution in [0.25, 0.3) is 0 Å². The number of carbonyl (C=O) groups is 1. The third-order valence-corrected chi connectivity index (χ3v) is 2.18. The van der Waals surface area contributed by atoms with E-state index in [1.165, 1.54) is 0 Å². The number of carbonyl (C=O) groups excluding carboxylic acids is 1. The minimum Gasteiger partial charge on any atom is -0.324 e. The predicted octanol–water partition coefficient (Wildman–Crippen LogP) is 0.793. The first-order valence-electron chi connectivity index (χ1n) is 4.33. The van der Waals surface area contributed by atoms with Crippen molar-refractivity contribution < 1.29 is 4.79 Å². The van der Waals surface area contributed by atoms with Crippen LogP contribution in [0.2, 0.25) is 0 Å². The molecule has 0 fully saturated rings. The van der Waals surface area contributed by atoms with Crippen LogP contribution in [0.5, 0.6) is 0 Å². The molecule has 1 aliphatic rings. The second kappa shape index (κ2) is 3.48. The molecule has 1 atom stereocenters. The first-order valence-corrected chi connectivity index (χ1v) is 4.33. The van der Waals surface area contributed by atoms with Gasteiger partial charge in [-0.2, -0.15) is 5.26 Å². The second-order valence-electron chi connectivity index (χ2n) is 3.05. The number of nitrogens with zero attached hydrogens (tertiary/aromatic N) is 1. The highest BCUT2D eigenvalue weighted by Gasteiger charge is 2.29. The third kappa shape index (κ3) is 1.34. The van der Waals surface area contributed by atoms with Crippen LogP contribution in [-0.4, -0.2) is 12.5 Å². The van der Waals surface area contributed by atoms with Crippen molar-refractivity contribution in [3.8, 4) is 6.07 Å². The lowest BCUT2D eigenvalue weighted by atomic mass is 10.1. The number of benzene rings is 1. The van der Waals surface area contributed by atoms with E-state index in [9.17, 15) is 4.79 Å². The first kappa shape index (κ1) is 8.73. The van der Waals surface area contributed by atoms with Crippen LogP contribution >= 0.6 is 0 Å². The Kier molecular flexibility index (Phi) is 2.17. The number of anilines is 1. The zero-order valence-electron chi connectivity index (χ0n) is 7.45. The van der Waals surface area contributed by atoms with Crippen molar-refractivity contribution in [3.05, 3.63) is 29.8 Å². The zero-order valence-corrected chi connectivity index (χ0v) is 7.45. The van der Waals surface area contributed by atoms with Crippen molar-refractivity contribution in [2.75, 3.05) is 11.9 Å². The van der Waals surface area contributed by atoms with Crippen molar-refractivity contribution in [2.45, 2.75) is 6.04 Å². The van der Waals surface area contributed by atoms with E-state index < -0.39 is 0 Å². The number of para-hydroxylation sites is 1. The van der Waals surface area contributed by atoms with Gasteiger partial charge in [0.15, 0.2) is 0 Å². The van der Waals surface area contributed by atoms with Gasteiger partial charge in [-0.3, -0.25) is 10.1 Å². The molecule has 1 heterocycles. The maximum absolute atomic E-state index is 11.5. The SMILES string of the molecule is N#CCNC1C(=O)Nc2ccccc21. The molecular formula is C10H9N3O. The van der Waals surface area contributed by atoms with E-state index in [1.54, 1.807) is 0 Å². The minimum atomic E-state index is -0.383. The summed E-state index contributed by atoms with van der Waals surface area (Å²) in [5.74, 6) is -0.0959. The van der Waals surface area contributed by atoms with Crippen LogP contribution in [0.1, 0.15) is 11.6 Å². The highest BCUT2D eigenvalue weighted by Crippen LogP contribution is 2.29.